The van der Waals surface area contributed by atoms with Gasteiger partial charge < -0.3 is 16.2 Å². The molecule has 130 valence electrons. The van der Waals surface area contributed by atoms with Crippen LogP contribution in [0.5, 0.6) is 0 Å². The first-order valence-electron chi connectivity index (χ1n) is 8.25. The number of nitrogens with one attached hydrogen (secondary N) is 1. The van der Waals surface area contributed by atoms with Gasteiger partial charge >= 0.3 is 0 Å². The molecular weight excluding hydrogens is 304 g/mol. The van der Waals surface area contributed by atoms with E-state index in [2.05, 4.69) is 5.32 Å². The smallest absolute Gasteiger partial charge is 0.237 e. The number of aliphatic hydroxyl groups excluding tert-OH is 1. The quantitative estimate of drug-likeness (QED) is 0.723. The molecule has 24 heavy (non-hydrogen) atoms. The van der Waals surface area contributed by atoms with Gasteiger partial charge in [0.15, 0.2) is 5.43 Å². The minimum atomic E-state index is -1.07. The number of carbonyl (C=O) groups excluding carboxylic acids is 1. The molecule has 0 saturated heterocycles. The fourth-order valence-corrected chi connectivity index (χ4v) is 2.79. The fraction of sp³-hybridized carbons (Fsp3) is 0.474. The predicted molar refractivity (Wildman–Crippen MR) is 95.1 cm³/mol. The standard InChI is InChI=1S/C19H26N2O3/c1-11(2)10-13(20)18(24)21-19(3,4)17(23)15-14(16(15)22)12-8-6-5-7-9-12/h5-9,11,13,17,23H,10,20H2,1-4H3,(H,21,24)/t13-,17?/m0/s1. The van der Waals surface area contributed by atoms with Crippen LogP contribution in [0, 0.1) is 5.92 Å². The summed E-state index contributed by atoms with van der Waals surface area (Å²) in [5.74, 6) is -0.0149. The zero-order chi connectivity index (χ0) is 18.1. The molecule has 1 amide bonds. The van der Waals surface area contributed by atoms with E-state index in [1.807, 2.05) is 44.2 Å². The Bertz CT molecular complexity index is 712. The highest BCUT2D eigenvalue weighted by Crippen LogP contribution is 2.35. The van der Waals surface area contributed by atoms with E-state index in [1.165, 1.54) is 0 Å². The summed E-state index contributed by atoms with van der Waals surface area (Å²) in [5.41, 5.74) is 6.45. The Labute approximate surface area is 142 Å². The van der Waals surface area contributed by atoms with Crippen molar-refractivity contribution in [3.05, 3.63) is 46.1 Å². The van der Waals surface area contributed by atoms with E-state index in [9.17, 15) is 14.7 Å². The average molecular weight is 330 g/mol. The number of nitrogens with two attached hydrogens (primary N) is 1. The van der Waals surface area contributed by atoms with Crippen molar-refractivity contribution in [1.29, 1.82) is 0 Å². The van der Waals surface area contributed by atoms with Crippen LogP contribution in [0.2, 0.25) is 0 Å². The molecule has 2 aromatic carbocycles. The van der Waals surface area contributed by atoms with Gasteiger partial charge in [-0.2, -0.15) is 0 Å². The first-order chi connectivity index (χ1) is 11.1. The van der Waals surface area contributed by atoms with Crippen LogP contribution in [0.15, 0.2) is 35.1 Å². The van der Waals surface area contributed by atoms with Crippen molar-refractivity contribution in [3.63, 3.8) is 0 Å². The summed E-state index contributed by atoms with van der Waals surface area (Å²) in [6.45, 7) is 7.37. The maximum Gasteiger partial charge on any atom is 0.237 e. The van der Waals surface area contributed by atoms with Gasteiger partial charge in [0.05, 0.1) is 11.6 Å². The highest BCUT2D eigenvalue weighted by atomic mass is 16.3. The molecule has 2 rings (SSSR count). The summed E-state index contributed by atoms with van der Waals surface area (Å²) in [4.78, 5) is 24.3. The number of carbonyl (C=O) groups is 1. The van der Waals surface area contributed by atoms with Crippen LogP contribution < -0.4 is 16.5 Å². The van der Waals surface area contributed by atoms with E-state index in [4.69, 9.17) is 5.73 Å². The fourth-order valence-electron chi connectivity index (χ4n) is 2.79. The molecule has 0 saturated carbocycles. The van der Waals surface area contributed by atoms with E-state index >= 15 is 0 Å². The van der Waals surface area contributed by atoms with Crippen LogP contribution in [0.4, 0.5) is 0 Å². The second kappa shape index (κ2) is 6.87. The van der Waals surface area contributed by atoms with E-state index < -0.39 is 17.7 Å². The van der Waals surface area contributed by atoms with Crippen LogP contribution in [-0.2, 0) is 4.79 Å². The van der Waals surface area contributed by atoms with Gasteiger partial charge in [-0.05, 0) is 31.7 Å². The zero-order valence-corrected chi connectivity index (χ0v) is 14.7. The third-order valence-electron chi connectivity index (χ3n) is 4.21. The summed E-state index contributed by atoms with van der Waals surface area (Å²) in [7, 11) is 0. The minimum Gasteiger partial charge on any atom is -0.386 e. The highest BCUT2D eigenvalue weighted by Gasteiger charge is 2.40. The van der Waals surface area contributed by atoms with Crippen molar-refractivity contribution < 1.29 is 9.90 Å². The van der Waals surface area contributed by atoms with Gasteiger partial charge in [0, 0.05) is 11.1 Å². The van der Waals surface area contributed by atoms with Crippen LogP contribution in [0.1, 0.15) is 45.8 Å². The number of hydrogen-bond acceptors (Lipinski definition) is 4. The normalized spacial score (nSPS) is 14.8. The molecule has 0 spiro atoms. The number of rotatable bonds is 7. The molecule has 0 aromatic heterocycles. The highest BCUT2D eigenvalue weighted by molar-refractivity contribution is 5.83. The molecule has 2 aromatic rings. The third kappa shape index (κ3) is 3.91. The van der Waals surface area contributed by atoms with Crippen molar-refractivity contribution in [2.24, 2.45) is 11.7 Å². The van der Waals surface area contributed by atoms with Gasteiger partial charge in [0.25, 0.3) is 0 Å². The number of amides is 1. The van der Waals surface area contributed by atoms with Crippen molar-refractivity contribution in [3.8, 4) is 11.1 Å². The van der Waals surface area contributed by atoms with Crippen LogP contribution in [-0.4, -0.2) is 22.6 Å². The molecule has 0 bridgehead atoms. The number of hydrogen-bond donors (Lipinski definition) is 3. The largest absolute Gasteiger partial charge is 0.386 e. The van der Waals surface area contributed by atoms with Crippen LogP contribution in [0.3, 0.4) is 0 Å². The molecule has 4 N–H and O–H groups in total. The summed E-state index contributed by atoms with van der Waals surface area (Å²) in [6, 6.07) is 8.58. The zero-order valence-electron chi connectivity index (χ0n) is 14.7. The molecule has 0 aliphatic carbocycles. The molecule has 0 heterocycles. The van der Waals surface area contributed by atoms with Crippen molar-refractivity contribution in [2.45, 2.75) is 51.8 Å². The molecule has 0 radical (unpaired) electrons. The average Bonchev–Trinajstić information content (AvgIpc) is 3.17. The van der Waals surface area contributed by atoms with Gasteiger partial charge in [-0.1, -0.05) is 44.2 Å². The second-order valence-corrected chi connectivity index (χ2v) is 7.33. The Kier molecular flexibility index (Phi) is 5.26. The first-order valence-corrected chi connectivity index (χ1v) is 8.25. The molecule has 2 atom stereocenters. The maximum atomic E-state index is 12.2. The Morgan fingerprint density at radius 3 is 2.38 bits per heavy atom. The van der Waals surface area contributed by atoms with E-state index in [0.29, 0.717) is 23.5 Å². The monoisotopic (exact) mass is 330 g/mol. The molecule has 1 unspecified atom stereocenters. The van der Waals surface area contributed by atoms with Gasteiger partial charge in [0.2, 0.25) is 5.91 Å². The Balaban J connectivity index is 2.10. The lowest BCUT2D eigenvalue weighted by Gasteiger charge is -2.31. The molecular formula is C19H26N2O3. The van der Waals surface area contributed by atoms with Gasteiger partial charge in [-0.15, -0.1) is 0 Å². The Morgan fingerprint density at radius 1 is 1.25 bits per heavy atom. The molecule has 0 aliphatic heterocycles. The number of benzene rings is 1. The predicted octanol–water partition coefficient (Wildman–Crippen LogP) is 1.89. The molecule has 0 aliphatic rings. The maximum absolute atomic E-state index is 12.2. The summed E-state index contributed by atoms with van der Waals surface area (Å²) in [6.07, 6.45) is -0.509. The Morgan fingerprint density at radius 2 is 1.83 bits per heavy atom. The lowest BCUT2D eigenvalue weighted by Crippen LogP contribution is -2.53. The summed E-state index contributed by atoms with van der Waals surface area (Å²) in [5, 5.41) is 13.4. The lowest BCUT2D eigenvalue weighted by molar-refractivity contribution is -0.125. The van der Waals surface area contributed by atoms with Gasteiger partial charge in [0.1, 0.15) is 6.10 Å². The van der Waals surface area contributed by atoms with E-state index in [-0.39, 0.29) is 11.3 Å². The second-order valence-electron chi connectivity index (χ2n) is 7.33. The molecule has 5 nitrogen and oxygen atoms in total. The van der Waals surface area contributed by atoms with Gasteiger partial charge in [-0.3, -0.25) is 9.59 Å². The SMILES string of the molecule is CC(C)C[C@H](N)C(=O)NC(C)(C)C(O)c1c(-c2ccccc2)c1=O. The van der Waals surface area contributed by atoms with Crippen LogP contribution >= 0.6 is 0 Å². The number of aliphatic hydroxyl groups is 1. The Hall–Kier alpha value is -1.98. The van der Waals surface area contributed by atoms with Crippen molar-refractivity contribution in [1.82, 2.24) is 5.32 Å². The molecule has 5 heteroatoms. The first kappa shape index (κ1) is 18.4. The van der Waals surface area contributed by atoms with Gasteiger partial charge in [-0.25, -0.2) is 0 Å². The minimum absolute atomic E-state index is 0.150. The van der Waals surface area contributed by atoms with Crippen molar-refractivity contribution in [2.75, 3.05) is 0 Å². The topological polar surface area (TPSA) is 92.4 Å². The van der Waals surface area contributed by atoms with E-state index in [0.717, 1.165) is 5.56 Å². The van der Waals surface area contributed by atoms with Crippen LogP contribution in [0.25, 0.3) is 11.1 Å². The van der Waals surface area contributed by atoms with E-state index in [1.54, 1.807) is 13.8 Å². The third-order valence-corrected chi connectivity index (χ3v) is 4.21. The summed E-state index contributed by atoms with van der Waals surface area (Å²) < 4.78 is 0. The lowest BCUT2D eigenvalue weighted by atomic mass is 9.93. The van der Waals surface area contributed by atoms with Crippen molar-refractivity contribution >= 4 is 5.91 Å². The molecule has 0 fully saturated rings. The summed E-state index contributed by atoms with van der Waals surface area (Å²) >= 11 is 0.